The maximum atomic E-state index is 11.9. The summed E-state index contributed by atoms with van der Waals surface area (Å²) in [4.78, 5) is 17.2. The Labute approximate surface area is 117 Å². The Kier molecular flexibility index (Phi) is 3.83. The Hall–Kier alpha value is -1.52. The number of hydrogen-bond acceptors (Lipinski definition) is 3. The van der Waals surface area contributed by atoms with Crippen molar-refractivity contribution in [2.24, 2.45) is 0 Å². The third-order valence-corrected chi connectivity index (χ3v) is 2.66. The molecule has 5 heteroatoms. The molecule has 0 saturated heterocycles. The Balaban J connectivity index is 2.12. The number of hydroxylamine groups is 1. The van der Waals surface area contributed by atoms with E-state index < -0.39 is 5.60 Å². The van der Waals surface area contributed by atoms with Crippen LogP contribution in [-0.4, -0.2) is 18.1 Å². The van der Waals surface area contributed by atoms with Gasteiger partial charge in [-0.2, -0.15) is 0 Å². The van der Waals surface area contributed by atoms with Gasteiger partial charge in [-0.1, -0.05) is 11.6 Å². The van der Waals surface area contributed by atoms with Crippen LogP contribution in [0.25, 0.3) is 6.08 Å². The summed E-state index contributed by atoms with van der Waals surface area (Å²) in [6, 6.07) is 5.30. The fraction of sp³-hybridized carbons (Fsp3) is 0.357. The van der Waals surface area contributed by atoms with Crippen LogP contribution in [0.5, 0.6) is 5.75 Å². The van der Waals surface area contributed by atoms with Crippen molar-refractivity contribution in [2.45, 2.75) is 26.4 Å². The lowest BCUT2D eigenvalue weighted by atomic mass is 10.1. The monoisotopic (exact) mass is 281 g/mol. The molecule has 0 saturated carbocycles. The molecule has 4 nitrogen and oxygen atoms in total. The highest BCUT2D eigenvalue weighted by atomic mass is 35.5. The van der Waals surface area contributed by atoms with Gasteiger partial charge in [0.2, 0.25) is 0 Å². The van der Waals surface area contributed by atoms with Crippen LogP contribution in [0, 0.1) is 0 Å². The topological polar surface area (TPSA) is 47.6 Å². The van der Waals surface area contributed by atoms with Gasteiger partial charge in [0.25, 0.3) is 5.91 Å². The molecule has 1 aliphatic heterocycles. The van der Waals surface area contributed by atoms with Crippen LogP contribution >= 0.6 is 11.6 Å². The number of rotatable bonds is 2. The molecule has 1 N–H and O–H groups in total. The predicted molar refractivity (Wildman–Crippen MR) is 73.9 cm³/mol. The number of fused-ring (bicyclic) bond motifs is 1. The number of benzene rings is 1. The first-order chi connectivity index (χ1) is 8.85. The van der Waals surface area contributed by atoms with Crippen molar-refractivity contribution in [1.29, 1.82) is 0 Å². The zero-order chi connectivity index (χ0) is 14.0. The number of nitrogens with one attached hydrogen (secondary N) is 1. The lowest BCUT2D eigenvalue weighted by Crippen LogP contribution is -2.35. The zero-order valence-corrected chi connectivity index (χ0v) is 11.9. The van der Waals surface area contributed by atoms with E-state index in [0.717, 1.165) is 11.3 Å². The second kappa shape index (κ2) is 5.23. The van der Waals surface area contributed by atoms with Gasteiger partial charge in [-0.25, -0.2) is 5.48 Å². The van der Waals surface area contributed by atoms with E-state index in [4.69, 9.17) is 21.2 Å². The Bertz CT molecular complexity index is 532. The average molecular weight is 282 g/mol. The van der Waals surface area contributed by atoms with Gasteiger partial charge < -0.3 is 4.74 Å². The summed E-state index contributed by atoms with van der Waals surface area (Å²) in [6.07, 6.45) is 1.76. The minimum absolute atomic E-state index is 0.216. The van der Waals surface area contributed by atoms with E-state index in [1.165, 1.54) is 0 Å². The second-order valence-electron chi connectivity index (χ2n) is 5.29. The molecule has 19 heavy (non-hydrogen) atoms. The lowest BCUT2D eigenvalue weighted by Gasteiger charge is -2.21. The number of carbonyl (C=O) groups excluding carboxylic acids is 1. The minimum Gasteiger partial charge on any atom is -0.488 e. The van der Waals surface area contributed by atoms with Crippen LogP contribution in [0.3, 0.4) is 0 Å². The summed E-state index contributed by atoms with van der Waals surface area (Å²) >= 11 is 5.91. The van der Waals surface area contributed by atoms with Crippen molar-refractivity contribution in [3.8, 4) is 5.75 Å². The molecule has 1 aromatic rings. The standard InChI is InChI=1S/C14H16ClNO3/c1-14(2,3)19-16-13(17)10-6-9-7-11(15)4-5-12(9)18-8-10/h4-7H,8H2,1-3H3,(H,16,17). The average Bonchev–Trinajstić information content (AvgIpc) is 2.34. The molecule has 1 aliphatic rings. The molecule has 102 valence electrons. The van der Waals surface area contributed by atoms with Crippen molar-refractivity contribution in [1.82, 2.24) is 5.48 Å². The molecule has 0 fully saturated rings. The number of carbonyl (C=O) groups is 1. The van der Waals surface area contributed by atoms with Crippen molar-refractivity contribution < 1.29 is 14.4 Å². The van der Waals surface area contributed by atoms with E-state index in [9.17, 15) is 4.79 Å². The van der Waals surface area contributed by atoms with Gasteiger partial charge >= 0.3 is 0 Å². The van der Waals surface area contributed by atoms with Crippen molar-refractivity contribution in [2.75, 3.05) is 6.61 Å². The molecule has 0 bridgehead atoms. The third kappa shape index (κ3) is 3.72. The van der Waals surface area contributed by atoms with Crippen molar-refractivity contribution in [3.63, 3.8) is 0 Å². The van der Waals surface area contributed by atoms with Gasteiger partial charge in [0.05, 0.1) is 11.2 Å². The van der Waals surface area contributed by atoms with Gasteiger partial charge in [-0.05, 0) is 45.0 Å². The Morgan fingerprint density at radius 1 is 1.42 bits per heavy atom. The van der Waals surface area contributed by atoms with Crippen LogP contribution in [0.4, 0.5) is 0 Å². The SMILES string of the molecule is CC(C)(C)ONC(=O)C1=Cc2cc(Cl)ccc2OC1. The highest BCUT2D eigenvalue weighted by molar-refractivity contribution is 6.30. The third-order valence-electron chi connectivity index (χ3n) is 2.43. The summed E-state index contributed by atoms with van der Waals surface area (Å²) in [5, 5.41) is 0.603. The fourth-order valence-corrected chi connectivity index (χ4v) is 1.73. The maximum Gasteiger partial charge on any atom is 0.274 e. The van der Waals surface area contributed by atoms with E-state index in [1.54, 1.807) is 24.3 Å². The number of hydrogen-bond donors (Lipinski definition) is 1. The molecule has 1 aromatic carbocycles. The highest BCUT2D eigenvalue weighted by Gasteiger charge is 2.19. The molecule has 1 amide bonds. The van der Waals surface area contributed by atoms with Gasteiger partial charge in [-0.15, -0.1) is 0 Å². The molecular weight excluding hydrogens is 266 g/mol. The molecule has 0 unspecified atom stereocenters. The first kappa shape index (κ1) is 13.9. The molecule has 0 radical (unpaired) electrons. The zero-order valence-electron chi connectivity index (χ0n) is 11.1. The summed E-state index contributed by atoms with van der Waals surface area (Å²) < 4.78 is 5.50. The quantitative estimate of drug-likeness (QED) is 0.848. The van der Waals surface area contributed by atoms with Crippen LogP contribution < -0.4 is 10.2 Å². The molecule has 0 aliphatic carbocycles. The van der Waals surface area contributed by atoms with Crippen LogP contribution in [0.1, 0.15) is 26.3 Å². The van der Waals surface area contributed by atoms with Crippen LogP contribution in [0.2, 0.25) is 5.02 Å². The first-order valence-corrected chi connectivity index (χ1v) is 6.34. The normalized spacial score (nSPS) is 14.2. The number of ether oxygens (including phenoxy) is 1. The smallest absolute Gasteiger partial charge is 0.274 e. The summed E-state index contributed by atoms with van der Waals surface area (Å²) in [6.45, 7) is 5.78. The molecule has 0 atom stereocenters. The summed E-state index contributed by atoms with van der Waals surface area (Å²) in [5.41, 5.74) is 3.27. The van der Waals surface area contributed by atoms with Gasteiger partial charge in [-0.3, -0.25) is 9.63 Å². The summed E-state index contributed by atoms with van der Waals surface area (Å²) in [5.74, 6) is 0.415. The number of amides is 1. The van der Waals surface area contributed by atoms with Gasteiger partial charge in [0.15, 0.2) is 0 Å². The second-order valence-corrected chi connectivity index (χ2v) is 5.72. The minimum atomic E-state index is -0.438. The van der Waals surface area contributed by atoms with Crippen molar-refractivity contribution >= 4 is 23.6 Å². The molecule has 0 spiro atoms. The highest BCUT2D eigenvalue weighted by Crippen LogP contribution is 2.28. The molecule has 1 heterocycles. The fourth-order valence-electron chi connectivity index (χ4n) is 1.54. The summed E-state index contributed by atoms with van der Waals surface area (Å²) in [7, 11) is 0. The van der Waals surface area contributed by atoms with Crippen molar-refractivity contribution in [3.05, 3.63) is 34.4 Å². The van der Waals surface area contributed by atoms with E-state index >= 15 is 0 Å². The van der Waals surface area contributed by atoms with Gasteiger partial charge in [0, 0.05) is 10.6 Å². The van der Waals surface area contributed by atoms with E-state index in [1.807, 2.05) is 20.8 Å². The number of halogens is 1. The Morgan fingerprint density at radius 2 is 2.16 bits per heavy atom. The maximum absolute atomic E-state index is 11.9. The van der Waals surface area contributed by atoms with Crippen LogP contribution in [-0.2, 0) is 9.63 Å². The van der Waals surface area contributed by atoms with E-state index in [-0.39, 0.29) is 12.5 Å². The first-order valence-electron chi connectivity index (χ1n) is 5.96. The Morgan fingerprint density at radius 3 is 2.84 bits per heavy atom. The molecular formula is C14H16ClNO3. The van der Waals surface area contributed by atoms with Crippen LogP contribution in [0.15, 0.2) is 23.8 Å². The largest absolute Gasteiger partial charge is 0.488 e. The lowest BCUT2D eigenvalue weighted by molar-refractivity contribution is -0.141. The molecule has 0 aromatic heterocycles. The predicted octanol–water partition coefficient (Wildman–Crippen LogP) is 2.96. The molecule has 2 rings (SSSR count). The van der Waals surface area contributed by atoms with Gasteiger partial charge in [0.1, 0.15) is 12.4 Å². The van der Waals surface area contributed by atoms with E-state index in [0.29, 0.717) is 10.6 Å². The van der Waals surface area contributed by atoms with E-state index in [2.05, 4.69) is 5.48 Å².